The van der Waals surface area contributed by atoms with E-state index in [1.807, 2.05) is 60.8 Å². The van der Waals surface area contributed by atoms with E-state index in [0.717, 1.165) is 23.0 Å². The van der Waals surface area contributed by atoms with Gasteiger partial charge in [0.1, 0.15) is 6.61 Å². The number of para-hydroxylation sites is 2. The van der Waals surface area contributed by atoms with Crippen molar-refractivity contribution >= 4 is 34.1 Å². The van der Waals surface area contributed by atoms with Crippen molar-refractivity contribution in [3.63, 3.8) is 0 Å². The molecule has 1 atom stereocenters. The van der Waals surface area contributed by atoms with Crippen molar-refractivity contribution in [2.45, 2.75) is 18.3 Å². The maximum absolute atomic E-state index is 12.3. The Hall–Kier alpha value is -3.37. The number of fused-ring (bicyclic) bond motifs is 1. The van der Waals surface area contributed by atoms with Gasteiger partial charge >= 0.3 is 0 Å². The minimum absolute atomic E-state index is 0.117. The van der Waals surface area contributed by atoms with Crippen LogP contribution in [0, 0.1) is 6.92 Å². The highest BCUT2D eigenvalue weighted by Crippen LogP contribution is 2.36. The molecule has 162 valence electrons. The molecule has 32 heavy (non-hydrogen) atoms. The van der Waals surface area contributed by atoms with Gasteiger partial charge in [0.25, 0.3) is 11.1 Å². The predicted molar refractivity (Wildman–Crippen MR) is 121 cm³/mol. The first kappa shape index (κ1) is 20.5. The standard InChI is InChI=1S/C22H18N4O4S2/c1-13-6-8-14(9-7-13)15-11-31-21(23-15)24-19(27)12-32-22-26-25-20(30-22)18-10-28-16-4-2-3-5-17(16)29-18/h2-9,11,18H,10,12H2,1H3,(H,23,24,27)/t18-/m1/s1. The Morgan fingerprint density at radius 1 is 1.16 bits per heavy atom. The van der Waals surface area contributed by atoms with Gasteiger partial charge in [0, 0.05) is 10.9 Å². The van der Waals surface area contributed by atoms with Crippen molar-refractivity contribution in [3.05, 3.63) is 65.4 Å². The average Bonchev–Trinajstić information content (AvgIpc) is 3.48. The highest BCUT2D eigenvalue weighted by molar-refractivity contribution is 7.99. The molecule has 0 spiro atoms. The molecule has 2 aromatic heterocycles. The fourth-order valence-electron chi connectivity index (χ4n) is 3.02. The number of nitrogens with zero attached hydrogens (tertiary/aromatic N) is 3. The first-order valence-electron chi connectivity index (χ1n) is 9.81. The number of hydrogen-bond acceptors (Lipinski definition) is 9. The molecule has 5 rings (SSSR count). The molecule has 1 aliphatic heterocycles. The van der Waals surface area contributed by atoms with Crippen LogP contribution >= 0.6 is 23.1 Å². The summed E-state index contributed by atoms with van der Waals surface area (Å²) < 4.78 is 17.2. The number of carbonyl (C=O) groups is 1. The monoisotopic (exact) mass is 466 g/mol. The van der Waals surface area contributed by atoms with E-state index >= 15 is 0 Å². The van der Waals surface area contributed by atoms with Gasteiger partial charge in [0.2, 0.25) is 12.0 Å². The molecule has 3 heterocycles. The molecule has 0 fully saturated rings. The summed E-state index contributed by atoms with van der Waals surface area (Å²) >= 11 is 2.53. The number of carbonyl (C=O) groups excluding carboxylic acids is 1. The molecule has 0 radical (unpaired) electrons. The van der Waals surface area contributed by atoms with Gasteiger partial charge in [-0.2, -0.15) is 0 Å². The van der Waals surface area contributed by atoms with Crippen LogP contribution in [0.5, 0.6) is 11.5 Å². The topological polar surface area (TPSA) is 99.4 Å². The lowest BCUT2D eigenvalue weighted by Gasteiger charge is -2.23. The molecule has 2 aromatic carbocycles. The van der Waals surface area contributed by atoms with Crippen LogP contribution in [-0.2, 0) is 4.79 Å². The van der Waals surface area contributed by atoms with Crippen molar-refractivity contribution in [2.75, 3.05) is 17.7 Å². The lowest BCUT2D eigenvalue weighted by Crippen LogP contribution is -2.21. The first-order valence-corrected chi connectivity index (χ1v) is 11.7. The van der Waals surface area contributed by atoms with Gasteiger partial charge in [-0.15, -0.1) is 21.5 Å². The molecular formula is C22H18N4O4S2. The number of thioether (sulfide) groups is 1. The van der Waals surface area contributed by atoms with Crippen LogP contribution in [-0.4, -0.2) is 33.4 Å². The maximum Gasteiger partial charge on any atom is 0.277 e. The van der Waals surface area contributed by atoms with Crippen LogP contribution < -0.4 is 14.8 Å². The highest BCUT2D eigenvalue weighted by atomic mass is 32.2. The Morgan fingerprint density at radius 2 is 1.97 bits per heavy atom. The minimum Gasteiger partial charge on any atom is -0.485 e. The van der Waals surface area contributed by atoms with E-state index in [9.17, 15) is 4.79 Å². The zero-order valence-corrected chi connectivity index (χ0v) is 18.6. The number of ether oxygens (including phenoxy) is 2. The van der Waals surface area contributed by atoms with Gasteiger partial charge in [-0.1, -0.05) is 53.7 Å². The van der Waals surface area contributed by atoms with Gasteiger partial charge in [-0.05, 0) is 19.1 Å². The average molecular weight is 467 g/mol. The van der Waals surface area contributed by atoms with Gasteiger partial charge in [-0.25, -0.2) is 4.98 Å². The van der Waals surface area contributed by atoms with Crippen LogP contribution in [0.25, 0.3) is 11.3 Å². The van der Waals surface area contributed by atoms with Gasteiger partial charge in [0.15, 0.2) is 16.6 Å². The number of aryl methyl sites for hydroxylation is 1. The molecule has 1 N–H and O–H groups in total. The summed E-state index contributed by atoms with van der Waals surface area (Å²) in [6, 6.07) is 15.5. The molecule has 10 heteroatoms. The molecular weight excluding hydrogens is 448 g/mol. The van der Waals surface area contributed by atoms with Crippen molar-refractivity contribution < 1.29 is 18.7 Å². The number of aromatic nitrogens is 3. The third-order valence-electron chi connectivity index (χ3n) is 4.63. The third-order valence-corrected chi connectivity index (χ3v) is 6.21. The van der Waals surface area contributed by atoms with E-state index < -0.39 is 6.10 Å². The summed E-state index contributed by atoms with van der Waals surface area (Å²) in [6.45, 7) is 2.31. The molecule has 1 amide bonds. The van der Waals surface area contributed by atoms with Crippen LogP contribution in [0.1, 0.15) is 17.6 Å². The Bertz CT molecular complexity index is 1240. The van der Waals surface area contributed by atoms with E-state index in [0.29, 0.717) is 22.5 Å². The lowest BCUT2D eigenvalue weighted by molar-refractivity contribution is -0.113. The smallest absolute Gasteiger partial charge is 0.277 e. The van der Waals surface area contributed by atoms with Crippen LogP contribution in [0.15, 0.2) is 63.6 Å². The number of benzene rings is 2. The Kier molecular flexibility index (Phi) is 5.78. The summed E-state index contributed by atoms with van der Waals surface area (Å²) in [7, 11) is 0. The predicted octanol–water partition coefficient (Wildman–Crippen LogP) is 4.74. The van der Waals surface area contributed by atoms with Crippen LogP contribution in [0.3, 0.4) is 0 Å². The number of rotatable bonds is 6. The quantitative estimate of drug-likeness (QED) is 0.407. The van der Waals surface area contributed by atoms with Crippen molar-refractivity contribution in [3.8, 4) is 22.8 Å². The largest absolute Gasteiger partial charge is 0.485 e. The zero-order valence-electron chi connectivity index (χ0n) is 17.0. The Balaban J connectivity index is 1.15. The zero-order chi connectivity index (χ0) is 21.9. The first-order chi connectivity index (χ1) is 15.6. The third kappa shape index (κ3) is 4.61. The molecule has 0 aliphatic carbocycles. The van der Waals surface area contributed by atoms with E-state index in [2.05, 4.69) is 20.5 Å². The fraction of sp³-hybridized carbons (Fsp3) is 0.182. The summed E-state index contributed by atoms with van der Waals surface area (Å²) in [5.41, 5.74) is 3.03. The summed E-state index contributed by atoms with van der Waals surface area (Å²) in [4.78, 5) is 16.8. The molecule has 0 unspecified atom stereocenters. The number of anilines is 1. The van der Waals surface area contributed by atoms with E-state index in [1.54, 1.807) is 0 Å². The summed E-state index contributed by atoms with van der Waals surface area (Å²) in [5.74, 6) is 1.54. The fourth-order valence-corrected chi connectivity index (χ4v) is 4.33. The molecule has 0 saturated carbocycles. The normalized spacial score (nSPS) is 14.8. The Morgan fingerprint density at radius 3 is 2.81 bits per heavy atom. The van der Waals surface area contributed by atoms with E-state index in [1.165, 1.54) is 16.9 Å². The number of thiazole rings is 1. The van der Waals surface area contributed by atoms with Gasteiger partial charge < -0.3 is 19.2 Å². The van der Waals surface area contributed by atoms with Crippen molar-refractivity contribution in [1.29, 1.82) is 0 Å². The van der Waals surface area contributed by atoms with Crippen LogP contribution in [0.2, 0.25) is 0 Å². The maximum atomic E-state index is 12.3. The molecule has 8 nitrogen and oxygen atoms in total. The summed E-state index contributed by atoms with van der Waals surface area (Å²) in [6.07, 6.45) is -0.490. The van der Waals surface area contributed by atoms with Crippen LogP contribution in [0.4, 0.5) is 5.13 Å². The van der Waals surface area contributed by atoms with E-state index in [-0.39, 0.29) is 23.5 Å². The van der Waals surface area contributed by atoms with E-state index in [4.69, 9.17) is 13.9 Å². The second kappa shape index (κ2) is 9.01. The van der Waals surface area contributed by atoms with Crippen molar-refractivity contribution in [2.24, 2.45) is 0 Å². The lowest BCUT2D eigenvalue weighted by atomic mass is 10.1. The Labute approximate surface area is 192 Å². The molecule has 0 bridgehead atoms. The molecule has 1 aliphatic rings. The van der Waals surface area contributed by atoms with Gasteiger partial charge in [0.05, 0.1) is 11.4 Å². The second-order valence-corrected chi connectivity index (χ2v) is 8.80. The number of amides is 1. The summed E-state index contributed by atoms with van der Waals surface area (Å²) in [5, 5.41) is 13.6. The highest BCUT2D eigenvalue weighted by Gasteiger charge is 2.27. The SMILES string of the molecule is Cc1ccc(-c2csc(NC(=O)CSc3nnc([C@H]4COc5ccccc5O4)o3)n2)cc1. The second-order valence-electron chi connectivity index (χ2n) is 7.01. The van der Waals surface area contributed by atoms with Gasteiger partial charge in [-0.3, -0.25) is 4.79 Å². The minimum atomic E-state index is -0.490. The molecule has 4 aromatic rings. The molecule has 0 saturated heterocycles. The number of hydrogen-bond donors (Lipinski definition) is 1. The number of nitrogens with one attached hydrogen (secondary N) is 1. The van der Waals surface area contributed by atoms with Crippen molar-refractivity contribution in [1.82, 2.24) is 15.2 Å².